The molecule has 16 heavy (non-hydrogen) atoms. The maximum Gasteiger partial charge on any atom is 0.303 e. The molecule has 0 aromatic heterocycles. The van der Waals surface area contributed by atoms with Crippen LogP contribution in [0.3, 0.4) is 0 Å². The first kappa shape index (κ1) is 17.5. The molecule has 0 aromatic rings. The molecule has 0 saturated heterocycles. The number of halogens is 1. The average Bonchev–Trinajstić information content (AvgIpc) is 2.11. The molecule has 0 saturated carbocycles. The number of amides is 1. The summed E-state index contributed by atoms with van der Waals surface area (Å²) in [6.07, 6.45) is 1.23. The molecule has 5 nitrogen and oxygen atoms in total. The van der Waals surface area contributed by atoms with Crippen molar-refractivity contribution in [3.8, 4) is 0 Å². The van der Waals surface area contributed by atoms with Crippen molar-refractivity contribution in [3.63, 3.8) is 0 Å². The van der Waals surface area contributed by atoms with Gasteiger partial charge in [0.1, 0.15) is 0 Å². The van der Waals surface area contributed by atoms with E-state index in [9.17, 15) is 9.59 Å². The van der Waals surface area contributed by atoms with Crippen LogP contribution in [0, 0.1) is 5.92 Å². The number of carbonyl (C=O) groups excluding carboxylic acids is 1. The van der Waals surface area contributed by atoms with E-state index >= 15 is 0 Å². The van der Waals surface area contributed by atoms with Crippen molar-refractivity contribution in [2.75, 3.05) is 27.2 Å². The van der Waals surface area contributed by atoms with Crippen LogP contribution in [0.15, 0.2) is 12.7 Å². The topological polar surface area (TPSA) is 69.6 Å². The lowest BCUT2D eigenvalue weighted by atomic mass is 10.1. The predicted octanol–water partition coefficient (Wildman–Crippen LogP) is 0.519. The summed E-state index contributed by atoms with van der Waals surface area (Å²) >= 11 is 0. The first-order chi connectivity index (χ1) is 6.95. The quantitative estimate of drug-likeness (QED) is 0.672. The van der Waals surface area contributed by atoms with Gasteiger partial charge in [0, 0.05) is 13.1 Å². The zero-order valence-electron chi connectivity index (χ0n) is 9.60. The fourth-order valence-corrected chi connectivity index (χ4v) is 1.28. The molecule has 1 amide bonds. The SMILES string of the molecule is Br.C=CC(=O)NCC(CC(=O)O)CN(C)C. The Balaban J connectivity index is 0. The third-order valence-electron chi connectivity index (χ3n) is 1.84. The Morgan fingerprint density at radius 3 is 2.44 bits per heavy atom. The van der Waals surface area contributed by atoms with Gasteiger partial charge in [0.15, 0.2) is 0 Å². The number of aliphatic carboxylic acids is 1. The van der Waals surface area contributed by atoms with Gasteiger partial charge in [0.25, 0.3) is 0 Å². The van der Waals surface area contributed by atoms with Crippen LogP contribution >= 0.6 is 17.0 Å². The molecule has 0 aliphatic heterocycles. The number of carbonyl (C=O) groups is 2. The normalized spacial score (nSPS) is 11.4. The second-order valence-corrected chi connectivity index (χ2v) is 3.68. The van der Waals surface area contributed by atoms with Crippen LogP contribution in [0.25, 0.3) is 0 Å². The van der Waals surface area contributed by atoms with Crippen molar-refractivity contribution in [1.82, 2.24) is 10.2 Å². The van der Waals surface area contributed by atoms with E-state index in [-0.39, 0.29) is 35.2 Å². The number of hydrogen-bond acceptors (Lipinski definition) is 3. The molecule has 0 heterocycles. The van der Waals surface area contributed by atoms with Crippen LogP contribution < -0.4 is 5.32 Å². The molecule has 0 aliphatic rings. The van der Waals surface area contributed by atoms with Gasteiger partial charge in [0.05, 0.1) is 6.42 Å². The fourth-order valence-electron chi connectivity index (χ4n) is 1.28. The summed E-state index contributed by atoms with van der Waals surface area (Å²) < 4.78 is 0. The highest BCUT2D eigenvalue weighted by Crippen LogP contribution is 2.03. The van der Waals surface area contributed by atoms with Gasteiger partial charge < -0.3 is 15.3 Å². The van der Waals surface area contributed by atoms with Crippen molar-refractivity contribution < 1.29 is 14.7 Å². The molecule has 0 aromatic carbocycles. The maximum absolute atomic E-state index is 10.9. The molecule has 6 heteroatoms. The minimum atomic E-state index is -0.852. The van der Waals surface area contributed by atoms with Crippen LogP contribution in [0.1, 0.15) is 6.42 Å². The van der Waals surface area contributed by atoms with Gasteiger partial charge in [-0.3, -0.25) is 9.59 Å². The van der Waals surface area contributed by atoms with E-state index in [0.717, 1.165) is 0 Å². The third kappa shape index (κ3) is 9.67. The molecule has 1 atom stereocenters. The van der Waals surface area contributed by atoms with Gasteiger partial charge in [-0.05, 0) is 26.1 Å². The number of carboxylic acid groups (broad SMARTS) is 1. The van der Waals surface area contributed by atoms with Crippen molar-refractivity contribution in [2.24, 2.45) is 5.92 Å². The molecule has 0 aliphatic carbocycles. The second kappa shape index (κ2) is 9.35. The smallest absolute Gasteiger partial charge is 0.303 e. The van der Waals surface area contributed by atoms with E-state index in [0.29, 0.717) is 13.1 Å². The van der Waals surface area contributed by atoms with Crippen molar-refractivity contribution in [3.05, 3.63) is 12.7 Å². The lowest BCUT2D eigenvalue weighted by molar-refractivity contribution is -0.138. The zero-order valence-corrected chi connectivity index (χ0v) is 11.3. The molecule has 0 bridgehead atoms. The zero-order chi connectivity index (χ0) is 11.8. The highest BCUT2D eigenvalue weighted by molar-refractivity contribution is 8.93. The summed E-state index contributed by atoms with van der Waals surface area (Å²) in [6.45, 7) is 4.31. The number of rotatable bonds is 7. The highest BCUT2D eigenvalue weighted by Gasteiger charge is 2.14. The standard InChI is InChI=1S/C10H18N2O3.BrH/c1-4-9(13)11-6-8(5-10(14)15)7-12(2)3;/h4,8H,1,5-7H2,2-3H3,(H,11,13)(H,14,15);1H. The Morgan fingerprint density at radius 2 is 2.06 bits per heavy atom. The van der Waals surface area contributed by atoms with Crippen LogP contribution in [0.4, 0.5) is 0 Å². The average molecular weight is 295 g/mol. The van der Waals surface area contributed by atoms with Crippen LogP contribution in [0.2, 0.25) is 0 Å². The minimum absolute atomic E-state index is 0. The summed E-state index contributed by atoms with van der Waals surface area (Å²) in [5.74, 6) is -1.21. The van der Waals surface area contributed by atoms with Crippen LogP contribution in [-0.4, -0.2) is 49.1 Å². The van der Waals surface area contributed by atoms with Gasteiger partial charge >= 0.3 is 5.97 Å². The molecular weight excluding hydrogens is 276 g/mol. The maximum atomic E-state index is 10.9. The molecule has 0 radical (unpaired) electrons. The van der Waals surface area contributed by atoms with E-state index in [1.807, 2.05) is 19.0 Å². The Morgan fingerprint density at radius 1 is 1.50 bits per heavy atom. The summed E-state index contributed by atoms with van der Waals surface area (Å²) in [5, 5.41) is 11.3. The Bertz CT molecular complexity index is 244. The number of nitrogens with one attached hydrogen (secondary N) is 1. The van der Waals surface area contributed by atoms with Gasteiger partial charge in [-0.15, -0.1) is 17.0 Å². The van der Waals surface area contributed by atoms with Crippen LogP contribution in [-0.2, 0) is 9.59 Å². The van der Waals surface area contributed by atoms with E-state index in [2.05, 4.69) is 11.9 Å². The second-order valence-electron chi connectivity index (χ2n) is 3.68. The van der Waals surface area contributed by atoms with E-state index in [1.54, 1.807) is 0 Å². The van der Waals surface area contributed by atoms with Gasteiger partial charge in [-0.1, -0.05) is 6.58 Å². The lowest BCUT2D eigenvalue weighted by Gasteiger charge is -2.19. The monoisotopic (exact) mass is 294 g/mol. The summed E-state index contributed by atoms with van der Waals surface area (Å²) in [6, 6.07) is 0. The number of hydrogen-bond donors (Lipinski definition) is 2. The Kier molecular flexibility index (Phi) is 10.2. The molecule has 94 valence electrons. The number of nitrogens with zero attached hydrogens (tertiary/aromatic N) is 1. The molecule has 2 N–H and O–H groups in total. The third-order valence-corrected chi connectivity index (χ3v) is 1.84. The lowest BCUT2D eigenvalue weighted by Crippen LogP contribution is -2.34. The number of carboxylic acids is 1. The van der Waals surface area contributed by atoms with E-state index in [1.165, 1.54) is 6.08 Å². The molecule has 0 spiro atoms. The predicted molar refractivity (Wildman–Crippen MR) is 67.8 cm³/mol. The van der Waals surface area contributed by atoms with Crippen molar-refractivity contribution in [1.29, 1.82) is 0 Å². The largest absolute Gasteiger partial charge is 0.481 e. The van der Waals surface area contributed by atoms with Gasteiger partial charge in [-0.25, -0.2) is 0 Å². The van der Waals surface area contributed by atoms with Gasteiger partial charge in [-0.2, -0.15) is 0 Å². The first-order valence-corrected chi connectivity index (χ1v) is 4.72. The molecular formula is C10H19BrN2O3. The van der Waals surface area contributed by atoms with Crippen molar-refractivity contribution in [2.45, 2.75) is 6.42 Å². The Hall–Kier alpha value is -0.880. The summed E-state index contributed by atoms with van der Waals surface area (Å²) in [7, 11) is 3.73. The van der Waals surface area contributed by atoms with E-state index in [4.69, 9.17) is 5.11 Å². The highest BCUT2D eigenvalue weighted by atomic mass is 79.9. The Labute approximate surface area is 106 Å². The molecule has 0 fully saturated rings. The van der Waals surface area contributed by atoms with E-state index < -0.39 is 5.97 Å². The summed E-state index contributed by atoms with van der Waals surface area (Å²) in [5.41, 5.74) is 0. The van der Waals surface area contributed by atoms with Gasteiger partial charge in [0.2, 0.25) is 5.91 Å². The minimum Gasteiger partial charge on any atom is -0.481 e. The van der Waals surface area contributed by atoms with Crippen LogP contribution in [0.5, 0.6) is 0 Å². The first-order valence-electron chi connectivity index (χ1n) is 4.72. The molecule has 1 unspecified atom stereocenters. The van der Waals surface area contributed by atoms with Crippen molar-refractivity contribution >= 4 is 28.9 Å². The molecule has 0 rings (SSSR count). The fraction of sp³-hybridized carbons (Fsp3) is 0.600. The summed E-state index contributed by atoms with van der Waals surface area (Å²) in [4.78, 5) is 23.3.